The predicted octanol–water partition coefficient (Wildman–Crippen LogP) is 2.51. The van der Waals surface area contributed by atoms with Crippen LogP contribution in [0.1, 0.15) is 34.1 Å². The van der Waals surface area contributed by atoms with Crippen molar-refractivity contribution in [2.75, 3.05) is 6.61 Å². The lowest BCUT2D eigenvalue weighted by Crippen LogP contribution is -2.23. The van der Waals surface area contributed by atoms with Gasteiger partial charge in [0.05, 0.1) is 0 Å². The SMILES string of the molecule is C=C(C)C(=O)OC(CC(C)C)OCC. The number of carbonyl (C=O) groups excluding carboxylic acids is 1. The minimum atomic E-state index is -0.441. The van der Waals surface area contributed by atoms with E-state index in [9.17, 15) is 4.79 Å². The molecule has 1 unspecified atom stereocenters. The van der Waals surface area contributed by atoms with Crippen molar-refractivity contribution in [3.63, 3.8) is 0 Å². The zero-order valence-electron chi connectivity index (χ0n) is 9.50. The normalized spacial score (nSPS) is 12.6. The van der Waals surface area contributed by atoms with E-state index in [0.717, 1.165) is 0 Å². The summed E-state index contributed by atoms with van der Waals surface area (Å²) >= 11 is 0. The Morgan fingerprint density at radius 1 is 1.43 bits per heavy atom. The van der Waals surface area contributed by atoms with Crippen LogP contribution in [-0.2, 0) is 14.3 Å². The third kappa shape index (κ3) is 5.75. The molecule has 0 amide bonds. The van der Waals surface area contributed by atoms with Gasteiger partial charge >= 0.3 is 5.97 Å². The molecule has 0 heterocycles. The zero-order valence-corrected chi connectivity index (χ0v) is 9.50. The van der Waals surface area contributed by atoms with Crippen LogP contribution in [0.2, 0.25) is 0 Å². The smallest absolute Gasteiger partial charge is 0.335 e. The average molecular weight is 200 g/mol. The van der Waals surface area contributed by atoms with Crippen LogP contribution in [0, 0.1) is 5.92 Å². The van der Waals surface area contributed by atoms with Crippen LogP contribution in [-0.4, -0.2) is 18.9 Å². The fraction of sp³-hybridized carbons (Fsp3) is 0.727. The summed E-state index contributed by atoms with van der Waals surface area (Å²) in [5.41, 5.74) is 0.401. The van der Waals surface area contributed by atoms with E-state index in [-0.39, 0.29) is 5.97 Å². The molecule has 0 bridgehead atoms. The summed E-state index contributed by atoms with van der Waals surface area (Å²) in [4.78, 5) is 11.2. The van der Waals surface area contributed by atoms with Crippen molar-refractivity contribution in [2.45, 2.75) is 40.4 Å². The molecule has 0 radical (unpaired) electrons. The summed E-state index contributed by atoms with van der Waals surface area (Å²) in [5, 5.41) is 0. The third-order valence-electron chi connectivity index (χ3n) is 1.60. The molecule has 14 heavy (non-hydrogen) atoms. The van der Waals surface area contributed by atoms with Crippen LogP contribution >= 0.6 is 0 Å². The lowest BCUT2D eigenvalue weighted by molar-refractivity contribution is -0.176. The van der Waals surface area contributed by atoms with Gasteiger partial charge in [0.2, 0.25) is 6.29 Å². The van der Waals surface area contributed by atoms with Crippen molar-refractivity contribution in [3.8, 4) is 0 Å². The second-order valence-corrected chi connectivity index (χ2v) is 3.70. The van der Waals surface area contributed by atoms with Crippen molar-refractivity contribution in [1.29, 1.82) is 0 Å². The molecule has 0 saturated carbocycles. The summed E-state index contributed by atoms with van der Waals surface area (Å²) in [6, 6.07) is 0. The molecule has 0 aromatic heterocycles. The first-order chi connectivity index (χ1) is 6.47. The van der Waals surface area contributed by atoms with Crippen LogP contribution in [0.15, 0.2) is 12.2 Å². The average Bonchev–Trinajstić information content (AvgIpc) is 2.02. The molecule has 0 aliphatic rings. The lowest BCUT2D eigenvalue weighted by atomic mass is 10.1. The molecular formula is C11H20O3. The quantitative estimate of drug-likeness (QED) is 0.375. The number of ether oxygens (including phenoxy) is 2. The molecule has 1 atom stereocenters. The largest absolute Gasteiger partial charge is 0.432 e. The zero-order chi connectivity index (χ0) is 11.1. The Hall–Kier alpha value is -0.830. The molecular weight excluding hydrogens is 180 g/mol. The second kappa shape index (κ2) is 6.60. The Balaban J connectivity index is 4.08. The molecule has 0 fully saturated rings. The van der Waals surface area contributed by atoms with Gasteiger partial charge < -0.3 is 9.47 Å². The summed E-state index contributed by atoms with van der Waals surface area (Å²) < 4.78 is 10.4. The number of carbonyl (C=O) groups is 1. The lowest BCUT2D eigenvalue weighted by Gasteiger charge is -2.19. The van der Waals surface area contributed by atoms with E-state index >= 15 is 0 Å². The van der Waals surface area contributed by atoms with Crippen LogP contribution in [0.5, 0.6) is 0 Å². The Morgan fingerprint density at radius 3 is 2.36 bits per heavy atom. The van der Waals surface area contributed by atoms with E-state index in [1.807, 2.05) is 6.92 Å². The summed E-state index contributed by atoms with van der Waals surface area (Å²) in [6.45, 7) is 11.7. The van der Waals surface area contributed by atoms with Gasteiger partial charge in [0.25, 0.3) is 0 Å². The Labute approximate surface area is 86.1 Å². The molecule has 0 aliphatic carbocycles. The first kappa shape index (κ1) is 13.2. The molecule has 82 valence electrons. The number of hydrogen-bond donors (Lipinski definition) is 0. The van der Waals surface area contributed by atoms with Gasteiger partial charge in [-0.3, -0.25) is 0 Å². The van der Waals surface area contributed by atoms with Gasteiger partial charge in [-0.15, -0.1) is 0 Å². The first-order valence-corrected chi connectivity index (χ1v) is 4.95. The highest BCUT2D eigenvalue weighted by atomic mass is 16.7. The molecule has 0 spiro atoms. The van der Waals surface area contributed by atoms with E-state index in [1.54, 1.807) is 6.92 Å². The van der Waals surface area contributed by atoms with E-state index < -0.39 is 6.29 Å². The Morgan fingerprint density at radius 2 is 2.00 bits per heavy atom. The van der Waals surface area contributed by atoms with Crippen molar-refractivity contribution < 1.29 is 14.3 Å². The van der Waals surface area contributed by atoms with E-state index in [1.165, 1.54) is 0 Å². The van der Waals surface area contributed by atoms with E-state index in [2.05, 4.69) is 20.4 Å². The van der Waals surface area contributed by atoms with E-state index in [0.29, 0.717) is 24.5 Å². The van der Waals surface area contributed by atoms with Crippen LogP contribution < -0.4 is 0 Å². The molecule has 0 aromatic rings. The molecule has 0 aliphatic heterocycles. The molecule has 0 rings (SSSR count). The van der Waals surface area contributed by atoms with Gasteiger partial charge in [0.15, 0.2) is 0 Å². The van der Waals surface area contributed by atoms with Gasteiger partial charge in [-0.2, -0.15) is 0 Å². The van der Waals surface area contributed by atoms with Crippen molar-refractivity contribution >= 4 is 5.97 Å². The predicted molar refractivity (Wildman–Crippen MR) is 55.8 cm³/mol. The maximum absolute atomic E-state index is 11.2. The van der Waals surface area contributed by atoms with Gasteiger partial charge in [-0.1, -0.05) is 20.4 Å². The summed E-state index contributed by atoms with van der Waals surface area (Å²) in [7, 11) is 0. The molecule has 0 N–H and O–H groups in total. The number of esters is 1. The fourth-order valence-electron chi connectivity index (χ4n) is 0.941. The van der Waals surface area contributed by atoms with Gasteiger partial charge in [0, 0.05) is 18.6 Å². The second-order valence-electron chi connectivity index (χ2n) is 3.70. The Bertz CT molecular complexity index is 197. The highest BCUT2D eigenvalue weighted by Gasteiger charge is 2.16. The Kier molecular flexibility index (Phi) is 6.21. The highest BCUT2D eigenvalue weighted by Crippen LogP contribution is 2.11. The summed E-state index contributed by atoms with van der Waals surface area (Å²) in [5.74, 6) is 0.0496. The topological polar surface area (TPSA) is 35.5 Å². The van der Waals surface area contributed by atoms with E-state index in [4.69, 9.17) is 9.47 Å². The standard InChI is InChI=1S/C11H20O3/c1-6-13-10(7-8(2)3)14-11(12)9(4)5/h8,10H,4,6-7H2,1-3,5H3. The fourth-order valence-corrected chi connectivity index (χ4v) is 0.941. The van der Waals surface area contributed by atoms with Crippen molar-refractivity contribution in [3.05, 3.63) is 12.2 Å². The first-order valence-electron chi connectivity index (χ1n) is 4.95. The summed E-state index contributed by atoms with van der Waals surface area (Å²) in [6.07, 6.45) is 0.275. The minimum Gasteiger partial charge on any atom is -0.432 e. The molecule has 0 saturated heterocycles. The monoisotopic (exact) mass is 200 g/mol. The van der Waals surface area contributed by atoms with Crippen molar-refractivity contribution in [2.24, 2.45) is 5.92 Å². The maximum Gasteiger partial charge on any atom is 0.335 e. The van der Waals surface area contributed by atoms with Gasteiger partial charge in [0.1, 0.15) is 0 Å². The van der Waals surface area contributed by atoms with Gasteiger partial charge in [-0.05, 0) is 19.8 Å². The van der Waals surface area contributed by atoms with Crippen LogP contribution in [0.4, 0.5) is 0 Å². The van der Waals surface area contributed by atoms with Gasteiger partial charge in [-0.25, -0.2) is 4.79 Å². The number of hydrogen-bond acceptors (Lipinski definition) is 3. The van der Waals surface area contributed by atoms with Crippen LogP contribution in [0.25, 0.3) is 0 Å². The number of rotatable bonds is 6. The van der Waals surface area contributed by atoms with Crippen molar-refractivity contribution in [1.82, 2.24) is 0 Å². The van der Waals surface area contributed by atoms with Crippen LogP contribution in [0.3, 0.4) is 0 Å². The molecule has 0 aromatic carbocycles. The maximum atomic E-state index is 11.2. The third-order valence-corrected chi connectivity index (χ3v) is 1.60. The highest BCUT2D eigenvalue weighted by molar-refractivity contribution is 5.86. The minimum absolute atomic E-state index is 0.385. The molecule has 3 heteroatoms. The molecule has 3 nitrogen and oxygen atoms in total.